The molecule has 49 heavy (non-hydrogen) atoms. The fraction of sp³-hybridized carbons (Fsp3) is 0.622. The molecule has 1 aromatic rings. The maximum absolute atomic E-state index is 14.3. The summed E-state index contributed by atoms with van der Waals surface area (Å²) in [6.07, 6.45) is 5.22. The lowest BCUT2D eigenvalue weighted by molar-refractivity contribution is -0.145. The van der Waals surface area contributed by atoms with E-state index in [0.717, 1.165) is 37.7 Å². The van der Waals surface area contributed by atoms with E-state index in [2.05, 4.69) is 41.7 Å². The number of fused-ring (bicyclic) bond motifs is 1. The largest absolute Gasteiger partial charge is 0.444 e. The second kappa shape index (κ2) is 16.0. The highest BCUT2D eigenvalue weighted by Gasteiger charge is 2.69. The van der Waals surface area contributed by atoms with E-state index in [0.29, 0.717) is 13.1 Å². The highest BCUT2D eigenvalue weighted by atomic mass is 16.6. The van der Waals surface area contributed by atoms with Crippen LogP contribution in [0.4, 0.5) is 4.79 Å². The number of alkyl carbamates (subject to hydrolysis) is 1. The number of Topliss-reactive ketones (excluding diaryl/α,β-unsaturated/α-hetero) is 1. The summed E-state index contributed by atoms with van der Waals surface area (Å²) in [5.74, 6) is -3.11. The first-order valence-electron chi connectivity index (χ1n) is 17.5. The highest BCUT2D eigenvalue weighted by Crippen LogP contribution is 2.65. The molecule has 0 unspecified atom stereocenters. The zero-order chi connectivity index (χ0) is 35.9. The van der Waals surface area contributed by atoms with Crippen LogP contribution in [0.5, 0.6) is 0 Å². The second-order valence-electron chi connectivity index (χ2n) is 15.1. The summed E-state index contributed by atoms with van der Waals surface area (Å²) in [4.78, 5) is 81.1. The van der Waals surface area contributed by atoms with Crippen molar-refractivity contribution in [3.8, 4) is 0 Å². The Balaban J connectivity index is 1.41. The van der Waals surface area contributed by atoms with Crippen LogP contribution in [0, 0.1) is 23.2 Å². The van der Waals surface area contributed by atoms with Gasteiger partial charge in [-0.1, -0.05) is 69.5 Å². The normalized spacial score (nSPS) is 22.5. The van der Waals surface area contributed by atoms with Gasteiger partial charge in [-0.2, -0.15) is 0 Å². The van der Waals surface area contributed by atoms with Crippen molar-refractivity contribution in [1.82, 2.24) is 26.2 Å². The van der Waals surface area contributed by atoms with Crippen LogP contribution in [0.1, 0.15) is 85.1 Å². The third-order valence-electron chi connectivity index (χ3n) is 10.0. The average molecular weight is 680 g/mol. The van der Waals surface area contributed by atoms with Gasteiger partial charge in [-0.15, -0.1) is 6.58 Å². The predicted octanol–water partition coefficient (Wildman–Crippen LogP) is 3.40. The summed E-state index contributed by atoms with van der Waals surface area (Å²) < 4.78 is 5.50. The number of rotatable bonds is 14. The summed E-state index contributed by atoms with van der Waals surface area (Å²) >= 11 is 0. The van der Waals surface area contributed by atoms with Gasteiger partial charge in [0.15, 0.2) is 0 Å². The van der Waals surface area contributed by atoms with E-state index >= 15 is 0 Å². The molecule has 4 rings (SSSR count). The quantitative estimate of drug-likeness (QED) is 0.173. The molecule has 1 aromatic carbocycles. The molecule has 0 spiro atoms. The topological polar surface area (TPSA) is 163 Å². The van der Waals surface area contributed by atoms with E-state index in [4.69, 9.17) is 4.74 Å². The van der Waals surface area contributed by atoms with E-state index in [-0.39, 0.29) is 54.4 Å². The first-order valence-corrected chi connectivity index (χ1v) is 17.5. The zero-order valence-electron chi connectivity index (χ0n) is 29.5. The van der Waals surface area contributed by atoms with Crippen LogP contribution < -0.4 is 21.3 Å². The molecular weight excluding hydrogens is 626 g/mol. The molecule has 5 atom stereocenters. The summed E-state index contributed by atoms with van der Waals surface area (Å²) in [7, 11) is 0. The molecule has 3 aliphatic rings. The summed E-state index contributed by atoms with van der Waals surface area (Å²) in [5.41, 5.74) is -0.0151. The molecule has 268 valence electrons. The Labute approximate surface area is 289 Å². The number of nitrogens with one attached hydrogen (secondary N) is 4. The number of likely N-dealkylation sites (tertiary alicyclic amines) is 1. The smallest absolute Gasteiger partial charge is 0.408 e. The van der Waals surface area contributed by atoms with E-state index in [1.54, 1.807) is 25.7 Å². The molecule has 1 saturated heterocycles. The number of hydrogen-bond acceptors (Lipinski definition) is 7. The molecule has 0 radical (unpaired) electrons. The van der Waals surface area contributed by atoms with Crippen LogP contribution in [-0.2, 0) is 35.3 Å². The number of carbonyl (C=O) groups excluding carboxylic acids is 6. The van der Waals surface area contributed by atoms with Gasteiger partial charge in [0, 0.05) is 26.1 Å². The number of piperidine rings is 1. The Bertz CT molecular complexity index is 1400. The first-order chi connectivity index (χ1) is 23.1. The van der Waals surface area contributed by atoms with Crippen molar-refractivity contribution < 1.29 is 33.5 Å². The minimum absolute atomic E-state index is 0.00138. The number of ketones is 1. The van der Waals surface area contributed by atoms with E-state index in [1.807, 2.05) is 30.3 Å². The van der Waals surface area contributed by atoms with Crippen LogP contribution in [0.15, 0.2) is 43.0 Å². The fourth-order valence-electron chi connectivity index (χ4n) is 7.35. The average Bonchev–Trinajstić information content (AvgIpc) is 3.36. The molecule has 3 fully saturated rings. The minimum Gasteiger partial charge on any atom is -0.444 e. The van der Waals surface area contributed by atoms with Crippen molar-refractivity contribution in [2.24, 2.45) is 23.2 Å². The summed E-state index contributed by atoms with van der Waals surface area (Å²) in [6.45, 7) is 13.7. The van der Waals surface area contributed by atoms with E-state index in [9.17, 15) is 28.8 Å². The van der Waals surface area contributed by atoms with Gasteiger partial charge >= 0.3 is 6.09 Å². The maximum Gasteiger partial charge on any atom is 0.408 e. The molecule has 2 saturated carbocycles. The van der Waals surface area contributed by atoms with Crippen LogP contribution in [0.2, 0.25) is 0 Å². The zero-order valence-corrected chi connectivity index (χ0v) is 29.5. The van der Waals surface area contributed by atoms with Crippen molar-refractivity contribution in [3.63, 3.8) is 0 Å². The Morgan fingerprint density at radius 2 is 1.67 bits per heavy atom. The van der Waals surface area contributed by atoms with Gasteiger partial charge in [0.1, 0.15) is 23.7 Å². The Kier molecular flexibility index (Phi) is 12.3. The number of ether oxygens (including phenoxy) is 1. The Morgan fingerprint density at radius 1 is 1.00 bits per heavy atom. The number of hydrogen-bond donors (Lipinski definition) is 4. The standard InChI is InChI=1S/C37H53N5O7/c1-7-14-26(31(44)33(46)38-20-19-27(43)39-21-23-15-10-8-11-16-23)40-32(45)30-28-25(37(28,5)6)22-42(30)34(47)29(24-17-12-9-13-18-24)41-35(48)49-36(2,3)4/h7-8,10-11,15-16,24-26,28-30H,1,9,12-14,17-22H2,2-6H3,(H,38,46)(H,39,43)(H,40,45)(H,41,48)/t25-,26-,28-,29-,30-/m0/s1. The van der Waals surface area contributed by atoms with Crippen molar-refractivity contribution in [3.05, 3.63) is 48.6 Å². The van der Waals surface area contributed by atoms with Gasteiger partial charge in [-0.05, 0) is 68.8 Å². The van der Waals surface area contributed by atoms with Crippen molar-refractivity contribution >= 4 is 35.5 Å². The van der Waals surface area contributed by atoms with Gasteiger partial charge < -0.3 is 30.9 Å². The van der Waals surface area contributed by atoms with Crippen molar-refractivity contribution in [2.75, 3.05) is 13.1 Å². The van der Waals surface area contributed by atoms with E-state index < -0.39 is 47.4 Å². The van der Waals surface area contributed by atoms with Gasteiger partial charge in [0.05, 0.1) is 0 Å². The van der Waals surface area contributed by atoms with Crippen LogP contribution in [-0.4, -0.2) is 77.2 Å². The second-order valence-corrected chi connectivity index (χ2v) is 15.1. The molecular formula is C37H53N5O7. The van der Waals surface area contributed by atoms with Gasteiger partial charge in [0.2, 0.25) is 23.5 Å². The highest BCUT2D eigenvalue weighted by molar-refractivity contribution is 6.38. The molecule has 2 aliphatic carbocycles. The molecule has 0 bridgehead atoms. The Morgan fingerprint density at radius 3 is 2.31 bits per heavy atom. The van der Waals surface area contributed by atoms with Gasteiger partial charge in [0.25, 0.3) is 5.91 Å². The lowest BCUT2D eigenvalue weighted by Gasteiger charge is -2.37. The molecule has 4 N–H and O–H groups in total. The summed E-state index contributed by atoms with van der Waals surface area (Å²) in [6, 6.07) is 6.45. The molecule has 5 amide bonds. The molecule has 12 nitrogen and oxygen atoms in total. The van der Waals surface area contributed by atoms with Crippen LogP contribution in [0.25, 0.3) is 0 Å². The van der Waals surface area contributed by atoms with Crippen LogP contribution in [0.3, 0.4) is 0 Å². The lowest BCUT2D eigenvalue weighted by Crippen LogP contribution is -2.59. The van der Waals surface area contributed by atoms with E-state index in [1.165, 1.54) is 6.08 Å². The Hall–Kier alpha value is -4.22. The number of amides is 5. The maximum atomic E-state index is 14.3. The third kappa shape index (κ3) is 9.70. The molecule has 0 aromatic heterocycles. The fourth-order valence-corrected chi connectivity index (χ4v) is 7.35. The predicted molar refractivity (Wildman–Crippen MR) is 184 cm³/mol. The van der Waals surface area contributed by atoms with Crippen molar-refractivity contribution in [2.45, 2.75) is 110 Å². The number of nitrogens with zero attached hydrogens (tertiary/aromatic N) is 1. The monoisotopic (exact) mass is 679 g/mol. The van der Waals surface area contributed by atoms with Gasteiger partial charge in [-0.3, -0.25) is 24.0 Å². The first kappa shape index (κ1) is 37.6. The molecule has 1 aliphatic heterocycles. The minimum atomic E-state index is -1.20. The third-order valence-corrected chi connectivity index (χ3v) is 10.0. The summed E-state index contributed by atoms with van der Waals surface area (Å²) in [5, 5.41) is 10.8. The lowest BCUT2D eigenvalue weighted by atomic mass is 9.83. The number of carbonyl (C=O) groups is 6. The SMILES string of the molecule is C=CC[C@H](NC(=O)[C@@H]1[C@@H]2[C@H](CN1C(=O)[C@@H](NC(=O)OC(C)(C)C)C1CCCCC1)C2(C)C)C(=O)C(=O)NCCC(=O)NCc1ccccc1. The van der Waals surface area contributed by atoms with Gasteiger partial charge in [-0.25, -0.2) is 4.79 Å². The molecule has 12 heteroatoms. The van der Waals surface area contributed by atoms with Crippen molar-refractivity contribution in [1.29, 1.82) is 0 Å². The number of benzene rings is 1. The molecule has 1 heterocycles. The van der Waals surface area contributed by atoms with Crippen LogP contribution >= 0.6 is 0 Å².